The van der Waals surface area contributed by atoms with Crippen LogP contribution in [0.1, 0.15) is 24.9 Å². The van der Waals surface area contributed by atoms with Gasteiger partial charge in [0, 0.05) is 25.0 Å². The van der Waals surface area contributed by atoms with E-state index in [2.05, 4.69) is 31.5 Å². The van der Waals surface area contributed by atoms with Gasteiger partial charge in [-0.3, -0.25) is 14.6 Å². The monoisotopic (exact) mass is 424 g/mol. The summed E-state index contributed by atoms with van der Waals surface area (Å²) >= 11 is 3.11. The number of hydrogen-bond donors (Lipinski definition) is 3. The van der Waals surface area contributed by atoms with Crippen molar-refractivity contribution in [2.45, 2.75) is 25.7 Å². The van der Waals surface area contributed by atoms with Crippen LogP contribution in [0.25, 0.3) is 0 Å². The van der Waals surface area contributed by atoms with E-state index < -0.39 is 5.91 Å². The second-order valence-corrected chi connectivity index (χ2v) is 6.42. The topological polar surface area (TPSA) is 113 Å². The third-order valence-corrected chi connectivity index (χ3v) is 4.72. The van der Waals surface area contributed by atoms with Crippen molar-refractivity contribution in [1.82, 2.24) is 15.6 Å². The van der Waals surface area contributed by atoms with Gasteiger partial charge in [-0.1, -0.05) is 0 Å². The number of halogens is 1. The third kappa shape index (κ3) is 6.01. The zero-order chi connectivity index (χ0) is 18.9. The maximum Gasteiger partial charge on any atom is 0.259 e. The van der Waals surface area contributed by atoms with Crippen molar-refractivity contribution in [1.29, 1.82) is 5.41 Å². The van der Waals surface area contributed by atoms with Gasteiger partial charge in [-0.25, -0.2) is 0 Å². The van der Waals surface area contributed by atoms with Gasteiger partial charge in [-0.2, -0.15) is 0 Å². The molecule has 0 bridgehead atoms. The lowest BCUT2D eigenvalue weighted by atomic mass is 10.0. The molecule has 1 fully saturated rings. The van der Waals surface area contributed by atoms with E-state index in [-0.39, 0.29) is 29.3 Å². The number of rotatable bonds is 8. The Bertz CT molecular complexity index is 675. The molecule has 1 unspecified atom stereocenters. The summed E-state index contributed by atoms with van der Waals surface area (Å²) in [4.78, 5) is 28.2. The van der Waals surface area contributed by atoms with Gasteiger partial charge in [-0.05, 0) is 46.1 Å². The molecule has 0 spiro atoms. The normalized spacial score (nSPS) is 16.5. The van der Waals surface area contributed by atoms with E-state index in [4.69, 9.17) is 14.9 Å². The number of carbonyl (C=O) groups is 2. The molecule has 1 aromatic heterocycles. The van der Waals surface area contributed by atoms with Crippen molar-refractivity contribution in [3.8, 4) is 0 Å². The van der Waals surface area contributed by atoms with E-state index in [1.54, 1.807) is 19.3 Å². The Morgan fingerprint density at radius 2 is 2.04 bits per heavy atom. The summed E-state index contributed by atoms with van der Waals surface area (Å²) in [5.41, 5.74) is 1.34. The molecule has 1 aliphatic rings. The first-order valence-corrected chi connectivity index (χ1v) is 8.88. The van der Waals surface area contributed by atoms with Gasteiger partial charge in [0.05, 0.1) is 30.3 Å². The summed E-state index contributed by atoms with van der Waals surface area (Å²) < 4.78 is 11.1. The average molecular weight is 425 g/mol. The molecule has 2 heterocycles. The molecule has 1 aromatic rings. The second-order valence-electron chi connectivity index (χ2n) is 5.63. The van der Waals surface area contributed by atoms with Crippen LogP contribution in [0.4, 0.5) is 0 Å². The molecule has 8 nitrogen and oxygen atoms in total. The zero-order valence-electron chi connectivity index (χ0n) is 14.3. The highest BCUT2D eigenvalue weighted by Crippen LogP contribution is 2.22. The predicted octanol–water partition coefficient (Wildman–Crippen LogP) is 1.44. The highest BCUT2D eigenvalue weighted by molar-refractivity contribution is 9.12. The molecule has 1 atom stereocenters. The summed E-state index contributed by atoms with van der Waals surface area (Å²) in [6, 6.07) is 3.30. The number of carbonyl (C=O) groups excluding carboxylic acids is 2. The fourth-order valence-corrected chi connectivity index (χ4v) is 2.59. The SMILES string of the molecule is C/C(C=N)=C(\Br)C(=O)NCC(=O)NC(CC1OCCO1)c1ccncc1. The minimum atomic E-state index is -0.455. The lowest BCUT2D eigenvalue weighted by Gasteiger charge is -2.22. The summed E-state index contributed by atoms with van der Waals surface area (Å²) in [7, 11) is 0. The Morgan fingerprint density at radius 3 is 2.65 bits per heavy atom. The molecule has 0 saturated carbocycles. The maximum atomic E-state index is 12.3. The Labute approximate surface area is 160 Å². The summed E-state index contributed by atoms with van der Waals surface area (Å²) in [5, 5.41) is 12.5. The number of aromatic nitrogens is 1. The fourth-order valence-electron chi connectivity index (χ4n) is 2.34. The van der Waals surface area contributed by atoms with Crippen LogP contribution in [0.2, 0.25) is 0 Å². The predicted molar refractivity (Wildman–Crippen MR) is 98.9 cm³/mol. The average Bonchev–Trinajstić information content (AvgIpc) is 3.18. The minimum absolute atomic E-state index is 0.187. The van der Waals surface area contributed by atoms with Crippen molar-refractivity contribution < 1.29 is 19.1 Å². The number of ether oxygens (including phenoxy) is 2. The van der Waals surface area contributed by atoms with E-state index >= 15 is 0 Å². The first-order chi connectivity index (χ1) is 12.5. The van der Waals surface area contributed by atoms with Crippen LogP contribution in [0.15, 0.2) is 34.6 Å². The van der Waals surface area contributed by atoms with Crippen LogP contribution in [0.5, 0.6) is 0 Å². The van der Waals surface area contributed by atoms with E-state index in [0.29, 0.717) is 25.2 Å². The Kier molecular flexibility index (Phi) is 7.89. The van der Waals surface area contributed by atoms with Crippen molar-refractivity contribution in [2.75, 3.05) is 19.8 Å². The molecule has 1 saturated heterocycles. The van der Waals surface area contributed by atoms with E-state index in [1.165, 1.54) is 0 Å². The van der Waals surface area contributed by atoms with Crippen molar-refractivity contribution in [2.24, 2.45) is 0 Å². The number of amides is 2. The van der Waals surface area contributed by atoms with Gasteiger partial charge in [0.15, 0.2) is 6.29 Å². The minimum Gasteiger partial charge on any atom is -0.350 e. The standard InChI is InChI=1S/C17H21BrN4O4/c1-11(9-19)16(18)17(24)21-10-14(23)22-13(8-15-25-6-7-26-15)12-2-4-20-5-3-12/h2-5,9,13,15,19H,6-8,10H2,1H3,(H,21,24)(H,22,23)/b16-11+,19-9?. The quantitative estimate of drug-likeness (QED) is 0.431. The molecule has 26 heavy (non-hydrogen) atoms. The largest absolute Gasteiger partial charge is 0.350 e. The van der Waals surface area contributed by atoms with Crippen molar-refractivity contribution >= 4 is 34.0 Å². The zero-order valence-corrected chi connectivity index (χ0v) is 15.9. The maximum absolute atomic E-state index is 12.3. The van der Waals surface area contributed by atoms with E-state index in [0.717, 1.165) is 11.8 Å². The molecular weight excluding hydrogens is 404 g/mol. The molecule has 3 N–H and O–H groups in total. The molecular formula is C17H21BrN4O4. The molecule has 0 aliphatic carbocycles. The van der Waals surface area contributed by atoms with Gasteiger partial charge >= 0.3 is 0 Å². The highest BCUT2D eigenvalue weighted by atomic mass is 79.9. The molecule has 9 heteroatoms. The first kappa shape index (κ1) is 20.2. The number of nitrogens with one attached hydrogen (secondary N) is 3. The fraction of sp³-hybridized carbons (Fsp3) is 0.412. The van der Waals surface area contributed by atoms with Gasteiger partial charge in [0.25, 0.3) is 5.91 Å². The van der Waals surface area contributed by atoms with Gasteiger partial charge in [0.2, 0.25) is 5.91 Å². The third-order valence-electron chi connectivity index (χ3n) is 3.73. The Balaban J connectivity index is 1.95. The van der Waals surface area contributed by atoms with Crippen LogP contribution in [-0.2, 0) is 19.1 Å². The molecule has 0 radical (unpaired) electrons. The van der Waals surface area contributed by atoms with Crippen LogP contribution in [0, 0.1) is 5.41 Å². The van der Waals surface area contributed by atoms with Crippen molar-refractivity contribution in [3.05, 3.63) is 40.1 Å². The number of allylic oxidation sites excluding steroid dienone is 1. The van der Waals surface area contributed by atoms with E-state index in [1.807, 2.05) is 12.1 Å². The summed E-state index contributed by atoms with van der Waals surface area (Å²) in [6.45, 7) is 2.50. The molecule has 140 valence electrons. The number of pyridine rings is 1. The van der Waals surface area contributed by atoms with Gasteiger partial charge < -0.3 is 25.5 Å². The second kappa shape index (κ2) is 10.1. The molecule has 1 aliphatic heterocycles. The van der Waals surface area contributed by atoms with Gasteiger partial charge in [-0.15, -0.1) is 0 Å². The van der Waals surface area contributed by atoms with E-state index in [9.17, 15) is 9.59 Å². The van der Waals surface area contributed by atoms with Gasteiger partial charge in [0.1, 0.15) is 0 Å². The molecule has 2 amide bonds. The van der Waals surface area contributed by atoms with Crippen LogP contribution in [-0.4, -0.2) is 49.1 Å². The lowest BCUT2D eigenvalue weighted by Crippen LogP contribution is -2.39. The van der Waals surface area contributed by atoms with Crippen LogP contribution >= 0.6 is 15.9 Å². The number of nitrogens with zero attached hydrogens (tertiary/aromatic N) is 1. The van der Waals surface area contributed by atoms with Crippen molar-refractivity contribution in [3.63, 3.8) is 0 Å². The summed E-state index contributed by atoms with van der Waals surface area (Å²) in [5.74, 6) is -0.796. The molecule has 0 aromatic carbocycles. The Hall–Kier alpha value is -2.10. The summed E-state index contributed by atoms with van der Waals surface area (Å²) in [6.07, 6.45) is 4.43. The molecule has 2 rings (SSSR count). The smallest absolute Gasteiger partial charge is 0.259 e. The van der Waals surface area contributed by atoms with Crippen LogP contribution in [0.3, 0.4) is 0 Å². The number of hydrogen-bond acceptors (Lipinski definition) is 6. The Morgan fingerprint density at radius 1 is 1.38 bits per heavy atom. The first-order valence-electron chi connectivity index (χ1n) is 8.08. The highest BCUT2D eigenvalue weighted by Gasteiger charge is 2.24. The van der Waals surface area contributed by atoms with Crippen LogP contribution < -0.4 is 10.6 Å². The lowest BCUT2D eigenvalue weighted by molar-refractivity contribution is -0.125.